The molecule has 248 valence electrons. The Kier molecular flexibility index (Phi) is 6.73. The Morgan fingerprint density at radius 1 is 0.396 bits per heavy atom. The Balaban J connectivity index is 1.39. The monoisotopic (exact) mass is 693 g/mol. The Labute approximate surface area is 309 Å². The lowest BCUT2D eigenvalue weighted by Crippen LogP contribution is -2.05. The zero-order valence-corrected chi connectivity index (χ0v) is 29.5. The van der Waals surface area contributed by atoms with E-state index in [1.807, 2.05) is 17.5 Å². The molecule has 0 aliphatic carbocycles. The molecule has 8 aromatic carbocycles. The van der Waals surface area contributed by atoms with Crippen LogP contribution in [0.3, 0.4) is 0 Å². The first kappa shape index (κ1) is 29.9. The van der Waals surface area contributed by atoms with Crippen molar-refractivity contribution >= 4 is 85.8 Å². The molecular formula is C49H31N3S. The first-order valence-electron chi connectivity index (χ1n) is 18.0. The number of thiophene rings is 1. The number of aromatic nitrogens is 3. The van der Waals surface area contributed by atoms with E-state index in [1.165, 1.54) is 52.8 Å². The molecule has 0 N–H and O–H groups in total. The average molecular weight is 694 g/mol. The van der Waals surface area contributed by atoms with Crippen LogP contribution in [-0.4, -0.2) is 14.1 Å². The van der Waals surface area contributed by atoms with E-state index in [2.05, 4.69) is 191 Å². The van der Waals surface area contributed by atoms with Gasteiger partial charge in [0, 0.05) is 66.5 Å². The molecule has 11 rings (SSSR count). The standard InChI is InChI=1S/C49H31N3S/c1-3-14-32(15-4-1)51-28-29-52(33-16-5-2-6-17-33)45-31-43-42(30-44(45)51)38-22-11-21-37(41-24-12-23-40-35-19-9-10-26-46(35)53-49(40)41)47(38)36-20-8-7-18-34(36)39-25-13-27-50-48(39)43/h1-31H. The van der Waals surface area contributed by atoms with Gasteiger partial charge in [-0.15, -0.1) is 11.3 Å². The number of benzene rings is 7. The maximum Gasteiger partial charge on any atom is 0.0787 e. The highest BCUT2D eigenvalue weighted by Gasteiger charge is 2.18. The minimum absolute atomic E-state index is 0.981. The second-order valence-corrected chi connectivity index (χ2v) is 14.6. The fourth-order valence-corrected chi connectivity index (χ4v) is 9.56. The summed E-state index contributed by atoms with van der Waals surface area (Å²) in [4.78, 5) is 5.16. The summed E-state index contributed by atoms with van der Waals surface area (Å²) < 4.78 is 7.23. The maximum absolute atomic E-state index is 5.16. The summed E-state index contributed by atoms with van der Waals surface area (Å²) in [5.74, 6) is 0. The SMILES string of the molecule is c1ccc(-n2ccn(-c3ccccc3)c3cc4c(cc32)c2cccc(-c3cccc5c3sc3ccccc35)c2c2ccccc2c2cccnc24)cc1. The molecule has 3 aromatic heterocycles. The summed E-state index contributed by atoms with van der Waals surface area (Å²) in [6.07, 6.45) is 6.28. The van der Waals surface area contributed by atoms with Gasteiger partial charge in [-0.25, -0.2) is 0 Å². The predicted octanol–water partition coefficient (Wildman–Crippen LogP) is 13.6. The molecule has 0 aliphatic heterocycles. The van der Waals surface area contributed by atoms with Gasteiger partial charge < -0.3 is 9.13 Å². The van der Waals surface area contributed by atoms with Gasteiger partial charge >= 0.3 is 0 Å². The largest absolute Gasteiger partial charge is 0.314 e. The fourth-order valence-electron chi connectivity index (χ4n) is 8.33. The molecule has 0 radical (unpaired) electrons. The molecule has 4 heteroatoms. The molecule has 0 aliphatic rings. The third kappa shape index (κ3) is 4.63. The number of hydrogen-bond acceptors (Lipinski definition) is 2. The van der Waals surface area contributed by atoms with Gasteiger partial charge in [0.2, 0.25) is 0 Å². The van der Waals surface area contributed by atoms with Crippen LogP contribution in [0.25, 0.3) is 96.9 Å². The van der Waals surface area contributed by atoms with Crippen molar-refractivity contribution in [3.8, 4) is 22.5 Å². The molecular weight excluding hydrogens is 663 g/mol. The van der Waals surface area contributed by atoms with Crippen molar-refractivity contribution in [2.75, 3.05) is 0 Å². The number of pyridine rings is 1. The lowest BCUT2D eigenvalue weighted by molar-refractivity contribution is 1.01. The molecule has 0 atom stereocenters. The van der Waals surface area contributed by atoms with Crippen molar-refractivity contribution in [1.29, 1.82) is 0 Å². The van der Waals surface area contributed by atoms with Crippen LogP contribution in [0.4, 0.5) is 0 Å². The molecule has 0 unspecified atom stereocenters. The minimum atomic E-state index is 0.981. The molecule has 0 saturated carbocycles. The van der Waals surface area contributed by atoms with Crippen LogP contribution in [0.5, 0.6) is 0 Å². The Morgan fingerprint density at radius 3 is 1.68 bits per heavy atom. The van der Waals surface area contributed by atoms with E-state index in [0.29, 0.717) is 0 Å². The topological polar surface area (TPSA) is 22.8 Å². The first-order valence-corrected chi connectivity index (χ1v) is 18.8. The number of nitrogens with zero attached hydrogens (tertiary/aromatic N) is 3. The van der Waals surface area contributed by atoms with Crippen molar-refractivity contribution in [1.82, 2.24) is 14.1 Å². The summed E-state index contributed by atoms with van der Waals surface area (Å²) in [6.45, 7) is 0. The van der Waals surface area contributed by atoms with E-state index >= 15 is 0 Å². The lowest BCUT2D eigenvalue weighted by atomic mass is 9.90. The van der Waals surface area contributed by atoms with Gasteiger partial charge in [-0.3, -0.25) is 4.98 Å². The normalized spacial score (nSPS) is 11.8. The van der Waals surface area contributed by atoms with E-state index in [1.54, 1.807) is 0 Å². The van der Waals surface area contributed by atoms with Gasteiger partial charge in [-0.05, 0) is 81.0 Å². The summed E-state index contributed by atoms with van der Waals surface area (Å²) in [7, 11) is 0. The van der Waals surface area contributed by atoms with Crippen molar-refractivity contribution in [3.63, 3.8) is 0 Å². The second kappa shape index (κ2) is 11.9. The highest BCUT2D eigenvalue weighted by Crippen LogP contribution is 2.45. The van der Waals surface area contributed by atoms with Gasteiger partial charge in [-0.2, -0.15) is 0 Å². The molecule has 0 amide bonds. The van der Waals surface area contributed by atoms with Crippen LogP contribution in [0, 0.1) is 0 Å². The molecule has 3 nitrogen and oxygen atoms in total. The van der Waals surface area contributed by atoms with Crippen LogP contribution in [0.15, 0.2) is 188 Å². The van der Waals surface area contributed by atoms with E-state index < -0.39 is 0 Å². The summed E-state index contributed by atoms with van der Waals surface area (Å²) >= 11 is 1.88. The number of fused-ring (bicyclic) bond motifs is 12. The van der Waals surface area contributed by atoms with Gasteiger partial charge in [0.1, 0.15) is 0 Å². The van der Waals surface area contributed by atoms with E-state index in [9.17, 15) is 0 Å². The summed E-state index contributed by atoms with van der Waals surface area (Å²) in [5.41, 5.74) is 7.89. The third-order valence-corrected chi connectivity index (χ3v) is 11.9. The summed E-state index contributed by atoms with van der Waals surface area (Å²) in [5, 5.41) is 10.8. The van der Waals surface area contributed by atoms with Crippen molar-refractivity contribution in [2.45, 2.75) is 0 Å². The van der Waals surface area contributed by atoms with E-state index in [4.69, 9.17) is 4.98 Å². The van der Waals surface area contributed by atoms with Crippen molar-refractivity contribution in [2.24, 2.45) is 0 Å². The summed E-state index contributed by atoms with van der Waals surface area (Å²) in [6, 6.07) is 61.6. The highest BCUT2D eigenvalue weighted by atomic mass is 32.1. The molecule has 11 aromatic rings. The van der Waals surface area contributed by atoms with Gasteiger partial charge in [-0.1, -0.05) is 121 Å². The Bertz CT molecular complexity index is 3280. The second-order valence-electron chi connectivity index (χ2n) is 13.5. The van der Waals surface area contributed by atoms with Gasteiger partial charge in [0.25, 0.3) is 0 Å². The molecule has 0 fully saturated rings. The van der Waals surface area contributed by atoms with Gasteiger partial charge in [0.15, 0.2) is 0 Å². The predicted molar refractivity (Wildman–Crippen MR) is 226 cm³/mol. The van der Waals surface area contributed by atoms with Crippen LogP contribution >= 0.6 is 11.3 Å². The lowest BCUT2D eigenvalue weighted by Gasteiger charge is -2.19. The highest BCUT2D eigenvalue weighted by molar-refractivity contribution is 7.26. The first-order chi connectivity index (χ1) is 26.3. The quantitative estimate of drug-likeness (QED) is 0.181. The van der Waals surface area contributed by atoms with Crippen LogP contribution in [0.1, 0.15) is 0 Å². The third-order valence-electron chi connectivity index (χ3n) is 10.7. The Hall–Kier alpha value is -6.75. The number of rotatable bonds is 3. The Morgan fingerprint density at radius 2 is 0.943 bits per heavy atom. The smallest absolute Gasteiger partial charge is 0.0787 e. The minimum Gasteiger partial charge on any atom is -0.314 e. The number of para-hydroxylation sites is 2. The van der Waals surface area contributed by atoms with Gasteiger partial charge in [0.05, 0.1) is 16.6 Å². The van der Waals surface area contributed by atoms with Crippen LogP contribution < -0.4 is 0 Å². The van der Waals surface area contributed by atoms with E-state index in [-0.39, 0.29) is 0 Å². The zero-order chi connectivity index (χ0) is 34.9. The van der Waals surface area contributed by atoms with E-state index in [0.717, 1.165) is 44.1 Å². The molecule has 0 bridgehead atoms. The number of hydrogen-bond donors (Lipinski definition) is 0. The average Bonchev–Trinajstić information content (AvgIpc) is 3.62. The maximum atomic E-state index is 5.16. The van der Waals surface area contributed by atoms with Crippen LogP contribution in [0.2, 0.25) is 0 Å². The van der Waals surface area contributed by atoms with Crippen molar-refractivity contribution < 1.29 is 0 Å². The van der Waals surface area contributed by atoms with Crippen molar-refractivity contribution in [3.05, 3.63) is 188 Å². The molecule has 0 spiro atoms. The molecule has 0 saturated heterocycles. The zero-order valence-electron chi connectivity index (χ0n) is 28.6. The molecule has 53 heavy (non-hydrogen) atoms. The molecule has 3 heterocycles. The fraction of sp³-hybridized carbons (Fsp3) is 0. The van der Waals surface area contributed by atoms with Crippen LogP contribution in [-0.2, 0) is 0 Å².